The van der Waals surface area contributed by atoms with Crippen molar-refractivity contribution in [3.63, 3.8) is 0 Å². The Kier molecular flexibility index (Phi) is 2.29. The van der Waals surface area contributed by atoms with Crippen molar-refractivity contribution in [2.24, 2.45) is 5.73 Å². The van der Waals surface area contributed by atoms with Crippen LogP contribution in [0.25, 0.3) is 10.7 Å². The summed E-state index contributed by atoms with van der Waals surface area (Å²) in [6.07, 6.45) is 1.73. The zero-order valence-corrected chi connectivity index (χ0v) is 7.66. The van der Waals surface area contributed by atoms with E-state index in [2.05, 4.69) is 15.2 Å². The minimum absolute atomic E-state index is 0.435. The van der Waals surface area contributed by atoms with Crippen LogP contribution in [0, 0.1) is 0 Å². The fraction of sp³-hybridized carbons (Fsp3) is 0.125. The molecule has 0 radical (unpaired) electrons. The molecule has 0 atom stereocenters. The summed E-state index contributed by atoms with van der Waals surface area (Å²) in [6, 6.07) is 5.70. The minimum atomic E-state index is 0.435. The van der Waals surface area contributed by atoms with Crippen LogP contribution in [0.2, 0.25) is 0 Å². The van der Waals surface area contributed by atoms with Gasteiger partial charge in [0.25, 0.3) is 0 Å². The van der Waals surface area contributed by atoms with Gasteiger partial charge in [0.1, 0.15) is 10.7 Å². The molecule has 0 spiro atoms. The van der Waals surface area contributed by atoms with E-state index in [1.165, 1.54) is 11.3 Å². The smallest absolute Gasteiger partial charge is 0.166 e. The van der Waals surface area contributed by atoms with Crippen LogP contribution in [-0.2, 0) is 6.54 Å². The zero-order chi connectivity index (χ0) is 9.10. The first-order valence-electron chi connectivity index (χ1n) is 3.84. The molecule has 2 heterocycles. The largest absolute Gasteiger partial charge is 0.324 e. The molecule has 0 saturated heterocycles. The number of pyridine rings is 1. The lowest BCUT2D eigenvalue weighted by molar-refractivity contribution is 0.958. The van der Waals surface area contributed by atoms with Gasteiger partial charge in [-0.15, -0.1) is 10.2 Å². The van der Waals surface area contributed by atoms with Crippen molar-refractivity contribution >= 4 is 11.3 Å². The van der Waals surface area contributed by atoms with Gasteiger partial charge in [-0.2, -0.15) is 0 Å². The van der Waals surface area contributed by atoms with E-state index >= 15 is 0 Å². The van der Waals surface area contributed by atoms with Gasteiger partial charge in [0.05, 0.1) is 0 Å². The maximum absolute atomic E-state index is 5.43. The van der Waals surface area contributed by atoms with Crippen LogP contribution in [0.4, 0.5) is 0 Å². The molecule has 66 valence electrons. The standard InChI is InChI=1S/C8H8N4S/c9-5-7-11-12-8(13-7)6-3-1-2-4-10-6/h1-4H,5,9H2. The Labute approximate surface area is 79.5 Å². The van der Waals surface area contributed by atoms with E-state index in [9.17, 15) is 0 Å². The number of nitrogens with two attached hydrogens (primary N) is 1. The molecule has 0 fully saturated rings. The number of nitrogens with zero attached hydrogens (tertiary/aromatic N) is 3. The lowest BCUT2D eigenvalue weighted by Crippen LogP contribution is -1.94. The molecule has 0 bridgehead atoms. The molecule has 13 heavy (non-hydrogen) atoms. The second-order valence-corrected chi connectivity index (χ2v) is 3.48. The molecule has 2 rings (SSSR count). The highest BCUT2D eigenvalue weighted by atomic mass is 32.1. The van der Waals surface area contributed by atoms with E-state index in [1.54, 1.807) is 6.20 Å². The lowest BCUT2D eigenvalue weighted by atomic mass is 10.4. The monoisotopic (exact) mass is 192 g/mol. The highest BCUT2D eigenvalue weighted by molar-refractivity contribution is 7.14. The lowest BCUT2D eigenvalue weighted by Gasteiger charge is -1.90. The van der Waals surface area contributed by atoms with Gasteiger partial charge < -0.3 is 5.73 Å². The van der Waals surface area contributed by atoms with Gasteiger partial charge >= 0.3 is 0 Å². The number of hydrogen-bond acceptors (Lipinski definition) is 5. The summed E-state index contributed by atoms with van der Waals surface area (Å²) in [6.45, 7) is 0.435. The van der Waals surface area contributed by atoms with E-state index in [4.69, 9.17) is 5.73 Å². The molecule has 4 nitrogen and oxygen atoms in total. The molecule has 0 aliphatic heterocycles. The van der Waals surface area contributed by atoms with Crippen molar-refractivity contribution < 1.29 is 0 Å². The predicted molar refractivity (Wildman–Crippen MR) is 51.0 cm³/mol. The first-order valence-corrected chi connectivity index (χ1v) is 4.65. The molecule has 2 N–H and O–H groups in total. The van der Waals surface area contributed by atoms with Crippen LogP contribution in [0.15, 0.2) is 24.4 Å². The molecule has 0 saturated carbocycles. The Bertz CT molecular complexity index is 384. The molecule has 5 heteroatoms. The molecular formula is C8H8N4S. The summed E-state index contributed by atoms with van der Waals surface area (Å²) in [5.74, 6) is 0. The zero-order valence-electron chi connectivity index (χ0n) is 6.84. The Morgan fingerprint density at radius 2 is 2.23 bits per heavy atom. The van der Waals surface area contributed by atoms with E-state index in [1.807, 2.05) is 18.2 Å². The highest BCUT2D eigenvalue weighted by Crippen LogP contribution is 2.20. The minimum Gasteiger partial charge on any atom is -0.324 e. The quantitative estimate of drug-likeness (QED) is 0.772. The third kappa shape index (κ3) is 1.71. The van der Waals surface area contributed by atoms with Gasteiger partial charge in [0.2, 0.25) is 0 Å². The second-order valence-electron chi connectivity index (χ2n) is 2.42. The Morgan fingerprint density at radius 1 is 1.31 bits per heavy atom. The first kappa shape index (κ1) is 8.28. The van der Waals surface area contributed by atoms with Crippen molar-refractivity contribution in [3.05, 3.63) is 29.4 Å². The Hall–Kier alpha value is -1.33. The molecule has 0 aliphatic carbocycles. The van der Waals surface area contributed by atoms with Gasteiger partial charge in [-0.05, 0) is 12.1 Å². The van der Waals surface area contributed by atoms with Crippen LogP contribution in [0.5, 0.6) is 0 Å². The normalized spacial score (nSPS) is 10.2. The van der Waals surface area contributed by atoms with Crippen molar-refractivity contribution in [2.75, 3.05) is 0 Å². The number of rotatable bonds is 2. The molecule has 2 aromatic rings. The third-order valence-corrected chi connectivity index (χ3v) is 2.49. The van der Waals surface area contributed by atoms with Gasteiger partial charge in [0.15, 0.2) is 5.01 Å². The molecule has 0 aliphatic rings. The van der Waals surface area contributed by atoms with Gasteiger partial charge in [-0.1, -0.05) is 17.4 Å². The van der Waals surface area contributed by atoms with Crippen molar-refractivity contribution in [3.8, 4) is 10.7 Å². The van der Waals surface area contributed by atoms with Crippen LogP contribution >= 0.6 is 11.3 Å². The summed E-state index contributed by atoms with van der Waals surface area (Å²) in [5.41, 5.74) is 6.28. The van der Waals surface area contributed by atoms with Crippen LogP contribution in [0.3, 0.4) is 0 Å². The van der Waals surface area contributed by atoms with E-state index in [0.29, 0.717) is 6.54 Å². The van der Waals surface area contributed by atoms with Gasteiger partial charge in [-0.25, -0.2) is 0 Å². The van der Waals surface area contributed by atoms with Gasteiger partial charge in [-0.3, -0.25) is 4.98 Å². The molecule has 2 aromatic heterocycles. The first-order chi connectivity index (χ1) is 6.40. The molecule has 0 aromatic carbocycles. The van der Waals surface area contributed by atoms with Crippen LogP contribution in [-0.4, -0.2) is 15.2 Å². The van der Waals surface area contributed by atoms with Crippen molar-refractivity contribution in [1.29, 1.82) is 0 Å². The second kappa shape index (κ2) is 3.59. The fourth-order valence-electron chi connectivity index (χ4n) is 0.929. The Morgan fingerprint density at radius 3 is 2.85 bits per heavy atom. The maximum Gasteiger partial charge on any atom is 0.166 e. The van der Waals surface area contributed by atoms with Gasteiger partial charge in [0, 0.05) is 12.7 Å². The molecule has 0 amide bonds. The fourth-order valence-corrected chi connectivity index (χ4v) is 1.62. The van der Waals surface area contributed by atoms with Crippen LogP contribution in [0.1, 0.15) is 5.01 Å². The van der Waals surface area contributed by atoms with E-state index in [-0.39, 0.29) is 0 Å². The average molecular weight is 192 g/mol. The van der Waals surface area contributed by atoms with E-state index in [0.717, 1.165) is 15.7 Å². The summed E-state index contributed by atoms with van der Waals surface area (Å²) in [7, 11) is 0. The topological polar surface area (TPSA) is 64.7 Å². The predicted octanol–water partition coefficient (Wildman–Crippen LogP) is 1.06. The third-order valence-electron chi connectivity index (χ3n) is 1.53. The summed E-state index contributed by atoms with van der Waals surface area (Å²) < 4.78 is 0. The highest BCUT2D eigenvalue weighted by Gasteiger charge is 2.04. The maximum atomic E-state index is 5.43. The van der Waals surface area contributed by atoms with Crippen LogP contribution < -0.4 is 5.73 Å². The number of aromatic nitrogens is 3. The summed E-state index contributed by atoms with van der Waals surface area (Å²) >= 11 is 1.48. The molecular weight excluding hydrogens is 184 g/mol. The summed E-state index contributed by atoms with van der Waals surface area (Å²) in [4.78, 5) is 4.16. The van der Waals surface area contributed by atoms with Crippen molar-refractivity contribution in [2.45, 2.75) is 6.54 Å². The Balaban J connectivity index is 2.36. The van der Waals surface area contributed by atoms with E-state index < -0.39 is 0 Å². The molecule has 0 unspecified atom stereocenters. The SMILES string of the molecule is NCc1nnc(-c2ccccn2)s1. The average Bonchev–Trinajstić information content (AvgIpc) is 2.67. The number of hydrogen-bond donors (Lipinski definition) is 1. The summed E-state index contributed by atoms with van der Waals surface area (Å²) in [5, 5.41) is 9.55. The van der Waals surface area contributed by atoms with Crippen molar-refractivity contribution in [1.82, 2.24) is 15.2 Å².